The second-order valence-corrected chi connectivity index (χ2v) is 8.61. The van der Waals surface area contributed by atoms with Gasteiger partial charge >= 0.3 is 0 Å². The van der Waals surface area contributed by atoms with Crippen LogP contribution in [0.25, 0.3) is 6.08 Å². The van der Waals surface area contributed by atoms with Crippen molar-refractivity contribution in [1.29, 1.82) is 0 Å². The van der Waals surface area contributed by atoms with E-state index in [1.54, 1.807) is 16.2 Å². The summed E-state index contributed by atoms with van der Waals surface area (Å²) in [4.78, 5) is 30.6. The highest BCUT2D eigenvalue weighted by atomic mass is 32.1. The van der Waals surface area contributed by atoms with Crippen molar-refractivity contribution in [2.24, 2.45) is 0 Å². The summed E-state index contributed by atoms with van der Waals surface area (Å²) in [5.74, 6) is -0.00251. The molecular weight excluding hydrogens is 370 g/mol. The first-order chi connectivity index (χ1) is 13.7. The minimum atomic E-state index is -0.186. The monoisotopic (exact) mass is 397 g/mol. The van der Waals surface area contributed by atoms with Gasteiger partial charge in [-0.05, 0) is 23.1 Å². The van der Waals surface area contributed by atoms with Crippen LogP contribution in [0.15, 0.2) is 53.9 Å². The zero-order valence-corrected chi connectivity index (χ0v) is 16.8. The highest BCUT2D eigenvalue weighted by molar-refractivity contribution is 7.09. The Balaban J connectivity index is 1.27. The summed E-state index contributed by atoms with van der Waals surface area (Å²) in [7, 11) is 0. The number of carbonyl (C=O) groups excluding carboxylic acids is 2. The lowest BCUT2D eigenvalue weighted by atomic mass is 10.1. The summed E-state index contributed by atoms with van der Waals surface area (Å²) in [5.41, 5.74) is 1.23. The molecule has 0 radical (unpaired) electrons. The minimum absolute atomic E-state index is 0.0147. The Kier molecular flexibility index (Phi) is 6.00. The molecule has 2 aromatic rings. The summed E-state index contributed by atoms with van der Waals surface area (Å²) < 4.78 is 0. The predicted octanol–water partition coefficient (Wildman–Crippen LogP) is -0.128. The lowest BCUT2D eigenvalue weighted by Gasteiger charge is -2.31. The molecule has 4 rings (SSSR count). The number of hydrogen-bond donors (Lipinski definition) is 2. The van der Waals surface area contributed by atoms with Crippen LogP contribution in [0.1, 0.15) is 16.9 Å². The Morgan fingerprint density at radius 1 is 1.04 bits per heavy atom. The maximum Gasteiger partial charge on any atom is 0.288 e. The van der Waals surface area contributed by atoms with E-state index in [1.165, 1.54) is 15.4 Å². The standard InChI is InChI=1S/C22H25N3O2S/c26-21-16-20(22(27)25(21)17-19-9-5-15-28-19)24-13-11-23(12-14-24)10-4-8-18-6-2-1-3-7-18/h1-9,15,20H,10-14,16-17H2/p+2/t20-/m0/s1. The van der Waals surface area contributed by atoms with E-state index in [4.69, 9.17) is 0 Å². The van der Waals surface area contributed by atoms with Gasteiger partial charge in [-0.25, -0.2) is 0 Å². The third-order valence-corrected chi connectivity index (χ3v) is 6.61. The molecule has 0 unspecified atom stereocenters. The number of imide groups is 1. The number of nitrogens with one attached hydrogen (secondary N) is 2. The normalized spacial score (nSPS) is 25.7. The summed E-state index contributed by atoms with van der Waals surface area (Å²) in [6.07, 6.45) is 4.78. The number of amides is 2. The van der Waals surface area contributed by atoms with Gasteiger partial charge in [-0.15, -0.1) is 11.3 Å². The lowest BCUT2D eigenvalue weighted by Crippen LogP contribution is -3.30. The van der Waals surface area contributed by atoms with Gasteiger partial charge in [-0.2, -0.15) is 0 Å². The van der Waals surface area contributed by atoms with Crippen LogP contribution in [0.2, 0.25) is 0 Å². The van der Waals surface area contributed by atoms with Crippen molar-refractivity contribution >= 4 is 29.2 Å². The topological polar surface area (TPSA) is 46.3 Å². The molecule has 146 valence electrons. The highest BCUT2D eigenvalue weighted by Crippen LogP contribution is 2.18. The fraction of sp³-hybridized carbons (Fsp3) is 0.364. The van der Waals surface area contributed by atoms with Crippen molar-refractivity contribution in [2.45, 2.75) is 19.0 Å². The fourth-order valence-corrected chi connectivity index (χ4v) is 4.82. The second-order valence-electron chi connectivity index (χ2n) is 7.58. The van der Waals surface area contributed by atoms with Crippen LogP contribution >= 0.6 is 11.3 Å². The van der Waals surface area contributed by atoms with Gasteiger partial charge in [0.15, 0.2) is 6.04 Å². The summed E-state index contributed by atoms with van der Waals surface area (Å²) in [5, 5.41) is 1.98. The SMILES string of the molecule is O=C1C[C@H]([NH+]2CC[NH+](CC=Cc3ccccc3)CC2)C(=O)N1Cc1cccs1. The summed E-state index contributed by atoms with van der Waals surface area (Å²) >= 11 is 1.59. The van der Waals surface area contributed by atoms with Crippen LogP contribution in [0.3, 0.4) is 0 Å². The van der Waals surface area contributed by atoms with Gasteiger partial charge in [-0.1, -0.05) is 42.5 Å². The van der Waals surface area contributed by atoms with E-state index in [-0.39, 0.29) is 17.9 Å². The largest absolute Gasteiger partial charge is 0.322 e. The van der Waals surface area contributed by atoms with Crippen LogP contribution in [0.5, 0.6) is 0 Å². The number of quaternary nitrogens is 2. The van der Waals surface area contributed by atoms with E-state index in [0.29, 0.717) is 13.0 Å². The molecule has 2 amide bonds. The van der Waals surface area contributed by atoms with Gasteiger partial charge in [0.1, 0.15) is 26.2 Å². The number of likely N-dealkylation sites (tertiary alicyclic amines) is 1. The molecule has 2 aliphatic rings. The molecule has 0 aliphatic carbocycles. The second kappa shape index (κ2) is 8.82. The number of thiophene rings is 1. The third kappa shape index (κ3) is 4.41. The number of carbonyl (C=O) groups is 2. The third-order valence-electron chi connectivity index (χ3n) is 5.75. The first-order valence-electron chi connectivity index (χ1n) is 9.97. The van der Waals surface area contributed by atoms with E-state index in [9.17, 15) is 9.59 Å². The molecule has 6 heteroatoms. The van der Waals surface area contributed by atoms with E-state index in [1.807, 2.05) is 23.6 Å². The Morgan fingerprint density at radius 2 is 1.82 bits per heavy atom. The molecule has 5 nitrogen and oxygen atoms in total. The molecule has 1 aromatic heterocycles. The molecule has 2 fully saturated rings. The maximum absolute atomic E-state index is 12.8. The molecule has 2 saturated heterocycles. The van der Waals surface area contributed by atoms with Crippen molar-refractivity contribution in [3.8, 4) is 0 Å². The van der Waals surface area contributed by atoms with Crippen LogP contribution < -0.4 is 9.80 Å². The number of nitrogens with zero attached hydrogens (tertiary/aromatic N) is 1. The zero-order chi connectivity index (χ0) is 19.3. The average Bonchev–Trinajstić information content (AvgIpc) is 3.33. The van der Waals surface area contributed by atoms with Gasteiger partial charge in [-0.3, -0.25) is 14.5 Å². The summed E-state index contributed by atoms with van der Waals surface area (Å²) in [6.45, 7) is 5.41. The summed E-state index contributed by atoms with van der Waals surface area (Å²) in [6, 6.07) is 14.1. The average molecular weight is 398 g/mol. The van der Waals surface area contributed by atoms with Crippen molar-refractivity contribution in [1.82, 2.24) is 4.90 Å². The van der Waals surface area contributed by atoms with Gasteiger partial charge in [0, 0.05) is 4.88 Å². The van der Waals surface area contributed by atoms with Crippen LogP contribution in [-0.4, -0.2) is 55.5 Å². The van der Waals surface area contributed by atoms with Gasteiger partial charge < -0.3 is 9.80 Å². The highest BCUT2D eigenvalue weighted by Gasteiger charge is 2.46. The smallest absolute Gasteiger partial charge is 0.288 e. The molecule has 1 aromatic carbocycles. The Labute approximate surface area is 169 Å². The van der Waals surface area contributed by atoms with E-state index >= 15 is 0 Å². The predicted molar refractivity (Wildman–Crippen MR) is 110 cm³/mol. The van der Waals surface area contributed by atoms with Gasteiger partial charge in [0.25, 0.3) is 5.91 Å². The van der Waals surface area contributed by atoms with Crippen molar-refractivity contribution in [3.05, 3.63) is 64.4 Å². The maximum atomic E-state index is 12.8. The number of benzene rings is 1. The minimum Gasteiger partial charge on any atom is -0.322 e. The molecule has 0 spiro atoms. The molecule has 2 aliphatic heterocycles. The quantitative estimate of drug-likeness (QED) is 0.668. The van der Waals surface area contributed by atoms with Crippen LogP contribution in [-0.2, 0) is 16.1 Å². The molecule has 2 N–H and O–H groups in total. The first-order valence-corrected chi connectivity index (χ1v) is 10.8. The molecule has 28 heavy (non-hydrogen) atoms. The molecule has 0 bridgehead atoms. The van der Waals surface area contributed by atoms with Gasteiger partial charge in [0.05, 0.1) is 19.5 Å². The van der Waals surface area contributed by atoms with Crippen LogP contribution in [0, 0.1) is 0 Å². The van der Waals surface area contributed by atoms with Crippen LogP contribution in [0.4, 0.5) is 0 Å². The zero-order valence-electron chi connectivity index (χ0n) is 16.0. The Bertz CT molecular complexity index is 827. The van der Waals surface area contributed by atoms with Crippen molar-refractivity contribution < 1.29 is 19.4 Å². The number of piperazine rings is 1. The molecule has 0 saturated carbocycles. The Hall–Kier alpha value is -2.28. The van der Waals surface area contributed by atoms with Crippen molar-refractivity contribution in [3.63, 3.8) is 0 Å². The molecule has 3 heterocycles. The van der Waals surface area contributed by atoms with E-state index < -0.39 is 0 Å². The van der Waals surface area contributed by atoms with E-state index in [2.05, 4.69) is 36.4 Å². The number of rotatable bonds is 6. The lowest BCUT2D eigenvalue weighted by molar-refractivity contribution is -1.02. The first kappa shape index (κ1) is 19.1. The van der Waals surface area contributed by atoms with Crippen molar-refractivity contribution in [2.75, 3.05) is 32.7 Å². The molecule has 1 atom stereocenters. The van der Waals surface area contributed by atoms with E-state index in [0.717, 1.165) is 37.6 Å². The number of hydrogen-bond acceptors (Lipinski definition) is 3. The molecular formula is C22H27N3O2S+2. The Morgan fingerprint density at radius 3 is 2.54 bits per heavy atom. The fourth-order valence-electron chi connectivity index (χ4n) is 4.13. The van der Waals surface area contributed by atoms with Gasteiger partial charge in [0.2, 0.25) is 5.91 Å².